The first kappa shape index (κ1) is 17.2. The number of hydrogen-bond donors (Lipinski definition) is 2. The number of rotatable bonds is 5. The molecule has 0 aliphatic rings. The van der Waals surface area contributed by atoms with Gasteiger partial charge in [0.1, 0.15) is 5.00 Å². The summed E-state index contributed by atoms with van der Waals surface area (Å²) in [5.74, 6) is -0.316. The Kier molecular flexibility index (Phi) is 5.21. The van der Waals surface area contributed by atoms with Gasteiger partial charge >= 0.3 is 0 Å². The van der Waals surface area contributed by atoms with Crippen LogP contribution in [0.5, 0.6) is 0 Å². The molecule has 0 unspecified atom stereocenters. The summed E-state index contributed by atoms with van der Waals surface area (Å²) in [5.41, 5.74) is 8.57. The van der Waals surface area contributed by atoms with Gasteiger partial charge in [-0.2, -0.15) is 0 Å². The van der Waals surface area contributed by atoms with Gasteiger partial charge in [0.05, 0.1) is 5.56 Å². The van der Waals surface area contributed by atoms with Gasteiger partial charge < -0.3 is 11.1 Å². The average molecular weight is 330 g/mol. The highest BCUT2D eigenvalue weighted by Gasteiger charge is 2.20. The third-order valence-electron chi connectivity index (χ3n) is 3.88. The Balaban J connectivity index is 2.28. The molecule has 5 heteroatoms. The average Bonchev–Trinajstić information content (AvgIpc) is 2.82. The van der Waals surface area contributed by atoms with Crippen molar-refractivity contribution in [3.8, 4) is 0 Å². The highest BCUT2D eigenvalue weighted by atomic mass is 32.1. The number of carbonyl (C=O) groups excluding carboxylic acids is 2. The van der Waals surface area contributed by atoms with Gasteiger partial charge in [0.25, 0.3) is 11.8 Å². The maximum absolute atomic E-state index is 12.4. The molecule has 0 fully saturated rings. The molecule has 1 aromatic carbocycles. The van der Waals surface area contributed by atoms with E-state index in [1.54, 1.807) is 12.1 Å². The van der Waals surface area contributed by atoms with E-state index < -0.39 is 5.91 Å². The maximum Gasteiger partial charge on any atom is 0.256 e. The minimum Gasteiger partial charge on any atom is -0.365 e. The summed E-state index contributed by atoms with van der Waals surface area (Å²) in [6.45, 7) is 8.12. The molecule has 0 spiro atoms. The lowest BCUT2D eigenvalue weighted by atomic mass is 10.0. The monoisotopic (exact) mass is 330 g/mol. The van der Waals surface area contributed by atoms with Crippen LogP contribution in [0.15, 0.2) is 24.3 Å². The highest BCUT2D eigenvalue weighted by molar-refractivity contribution is 7.16. The van der Waals surface area contributed by atoms with Crippen molar-refractivity contribution >= 4 is 28.2 Å². The largest absolute Gasteiger partial charge is 0.365 e. The minimum absolute atomic E-state index is 0.230. The molecule has 3 N–H and O–H groups in total. The standard InChI is InChI=1S/C18H22N2O2S/c1-5-14-11(4)23-18(15(14)16(19)21)20-17(22)13-8-6-12(7-9-13)10(2)3/h6-10H,5H2,1-4H3,(H2,19,21)(H,20,22). The molecule has 0 aliphatic carbocycles. The normalized spacial score (nSPS) is 10.8. The zero-order valence-electron chi connectivity index (χ0n) is 13.9. The molecule has 0 atom stereocenters. The van der Waals surface area contributed by atoms with E-state index >= 15 is 0 Å². The Hall–Kier alpha value is -2.14. The van der Waals surface area contributed by atoms with Crippen LogP contribution in [0.2, 0.25) is 0 Å². The molecular weight excluding hydrogens is 308 g/mol. The fourth-order valence-electron chi connectivity index (χ4n) is 2.55. The molecule has 2 amide bonds. The van der Waals surface area contributed by atoms with E-state index in [1.807, 2.05) is 26.0 Å². The lowest BCUT2D eigenvalue weighted by Gasteiger charge is -2.08. The maximum atomic E-state index is 12.4. The summed E-state index contributed by atoms with van der Waals surface area (Å²) in [5, 5.41) is 3.36. The smallest absolute Gasteiger partial charge is 0.256 e. The fraction of sp³-hybridized carbons (Fsp3) is 0.333. The van der Waals surface area contributed by atoms with Crippen molar-refractivity contribution in [1.82, 2.24) is 0 Å². The van der Waals surface area contributed by atoms with E-state index in [9.17, 15) is 9.59 Å². The number of benzene rings is 1. The third kappa shape index (κ3) is 3.62. The molecule has 2 rings (SSSR count). The van der Waals surface area contributed by atoms with Crippen molar-refractivity contribution in [1.29, 1.82) is 0 Å². The van der Waals surface area contributed by atoms with Gasteiger partial charge in [-0.15, -0.1) is 11.3 Å². The molecule has 0 saturated heterocycles. The Morgan fingerprint density at radius 2 is 1.83 bits per heavy atom. The molecule has 1 aromatic heterocycles. The second kappa shape index (κ2) is 6.96. The SMILES string of the molecule is CCc1c(C)sc(NC(=O)c2ccc(C(C)C)cc2)c1C(N)=O. The number of aryl methyl sites for hydroxylation is 1. The van der Waals surface area contributed by atoms with Crippen LogP contribution in [0.4, 0.5) is 5.00 Å². The van der Waals surface area contributed by atoms with Crippen LogP contribution in [0, 0.1) is 6.92 Å². The predicted octanol–water partition coefficient (Wildman–Crippen LogP) is 4.09. The van der Waals surface area contributed by atoms with Crippen molar-refractivity contribution in [3.05, 3.63) is 51.4 Å². The van der Waals surface area contributed by atoms with E-state index in [0.717, 1.165) is 10.4 Å². The molecule has 4 nitrogen and oxygen atoms in total. The molecule has 0 saturated carbocycles. The lowest BCUT2D eigenvalue weighted by Crippen LogP contribution is -2.18. The summed E-state index contributed by atoms with van der Waals surface area (Å²) < 4.78 is 0. The van der Waals surface area contributed by atoms with Crippen LogP contribution < -0.4 is 11.1 Å². The van der Waals surface area contributed by atoms with Gasteiger partial charge in [-0.25, -0.2) is 0 Å². The zero-order chi connectivity index (χ0) is 17.1. The van der Waals surface area contributed by atoms with E-state index in [4.69, 9.17) is 5.73 Å². The molecule has 2 aromatic rings. The van der Waals surface area contributed by atoms with Crippen molar-refractivity contribution in [2.75, 3.05) is 5.32 Å². The number of primary amides is 1. The number of anilines is 1. The number of thiophene rings is 1. The third-order valence-corrected chi connectivity index (χ3v) is 4.94. The van der Waals surface area contributed by atoms with E-state index in [1.165, 1.54) is 16.9 Å². The van der Waals surface area contributed by atoms with Gasteiger partial charge in [-0.1, -0.05) is 32.9 Å². The quantitative estimate of drug-likeness (QED) is 0.866. The van der Waals surface area contributed by atoms with Crippen molar-refractivity contribution in [2.24, 2.45) is 5.73 Å². The van der Waals surface area contributed by atoms with Crippen molar-refractivity contribution in [2.45, 2.75) is 40.0 Å². The number of nitrogens with two attached hydrogens (primary N) is 1. The summed E-state index contributed by atoms with van der Waals surface area (Å²) in [6.07, 6.45) is 0.708. The number of amides is 2. The first-order valence-electron chi connectivity index (χ1n) is 7.68. The minimum atomic E-state index is -0.503. The fourth-order valence-corrected chi connectivity index (χ4v) is 3.69. The molecule has 122 valence electrons. The van der Waals surface area contributed by atoms with E-state index in [2.05, 4.69) is 19.2 Å². The molecule has 0 aliphatic heterocycles. The summed E-state index contributed by atoms with van der Waals surface area (Å²) in [6, 6.07) is 7.50. The second-order valence-electron chi connectivity index (χ2n) is 5.79. The van der Waals surface area contributed by atoms with Crippen LogP contribution >= 0.6 is 11.3 Å². The first-order chi connectivity index (χ1) is 10.8. The molecule has 23 heavy (non-hydrogen) atoms. The first-order valence-corrected chi connectivity index (χ1v) is 8.50. The van der Waals surface area contributed by atoms with Crippen LogP contribution in [-0.4, -0.2) is 11.8 Å². The van der Waals surface area contributed by atoms with Crippen LogP contribution in [0.25, 0.3) is 0 Å². The van der Waals surface area contributed by atoms with Crippen LogP contribution in [0.1, 0.15) is 63.4 Å². The van der Waals surface area contributed by atoms with Gasteiger partial charge in [-0.3, -0.25) is 9.59 Å². The van der Waals surface area contributed by atoms with Crippen LogP contribution in [0.3, 0.4) is 0 Å². The van der Waals surface area contributed by atoms with E-state index in [-0.39, 0.29) is 5.91 Å². The van der Waals surface area contributed by atoms with Crippen molar-refractivity contribution in [3.63, 3.8) is 0 Å². The van der Waals surface area contributed by atoms with Gasteiger partial charge in [0.2, 0.25) is 0 Å². The highest BCUT2D eigenvalue weighted by Crippen LogP contribution is 2.33. The van der Waals surface area contributed by atoms with Crippen molar-refractivity contribution < 1.29 is 9.59 Å². The number of nitrogens with one attached hydrogen (secondary N) is 1. The topological polar surface area (TPSA) is 72.2 Å². The Morgan fingerprint density at radius 3 is 2.30 bits per heavy atom. The summed E-state index contributed by atoms with van der Waals surface area (Å²) in [4.78, 5) is 25.2. The van der Waals surface area contributed by atoms with Gasteiger partial charge in [0.15, 0.2) is 0 Å². The number of carbonyl (C=O) groups is 2. The molecule has 1 heterocycles. The predicted molar refractivity (Wildman–Crippen MR) is 95.4 cm³/mol. The van der Waals surface area contributed by atoms with Gasteiger partial charge in [-0.05, 0) is 42.5 Å². The molecule has 0 bridgehead atoms. The Morgan fingerprint density at radius 1 is 1.22 bits per heavy atom. The Bertz CT molecular complexity index is 730. The lowest BCUT2D eigenvalue weighted by molar-refractivity contribution is 0.100. The molecular formula is C18H22N2O2S. The second-order valence-corrected chi connectivity index (χ2v) is 7.01. The zero-order valence-corrected chi connectivity index (χ0v) is 14.7. The molecule has 0 radical (unpaired) electrons. The Labute approximate surface area is 140 Å². The summed E-state index contributed by atoms with van der Waals surface area (Å²) in [7, 11) is 0. The van der Waals surface area contributed by atoms with Crippen LogP contribution in [-0.2, 0) is 6.42 Å². The van der Waals surface area contributed by atoms with E-state index in [0.29, 0.717) is 28.5 Å². The number of hydrogen-bond acceptors (Lipinski definition) is 3. The van der Waals surface area contributed by atoms with Gasteiger partial charge in [0, 0.05) is 10.4 Å². The summed E-state index contributed by atoms with van der Waals surface area (Å²) >= 11 is 1.39.